The first-order chi connectivity index (χ1) is 10.3. The Morgan fingerprint density at radius 1 is 1.10 bits per heavy atom. The molecule has 0 aliphatic carbocycles. The number of nitrogens with zero attached hydrogens (tertiary/aromatic N) is 1. The zero-order valence-electron chi connectivity index (χ0n) is 12.4. The second kappa shape index (κ2) is 7.34. The SMILES string of the molecule is Clc1cc2c(cc1CCCN1CCCNCC1)OCCO2. The van der Waals surface area contributed by atoms with Crippen molar-refractivity contribution in [1.29, 1.82) is 0 Å². The van der Waals surface area contributed by atoms with E-state index in [2.05, 4.69) is 10.2 Å². The van der Waals surface area contributed by atoms with Gasteiger partial charge in [-0.25, -0.2) is 0 Å². The Balaban J connectivity index is 1.55. The van der Waals surface area contributed by atoms with Crippen molar-refractivity contribution in [3.63, 3.8) is 0 Å². The molecule has 0 bridgehead atoms. The van der Waals surface area contributed by atoms with E-state index in [0.717, 1.165) is 61.1 Å². The summed E-state index contributed by atoms with van der Waals surface area (Å²) in [5.74, 6) is 1.60. The molecule has 2 aliphatic rings. The Bertz CT molecular complexity index is 474. The van der Waals surface area contributed by atoms with Crippen LogP contribution in [0.15, 0.2) is 12.1 Å². The van der Waals surface area contributed by atoms with E-state index in [1.807, 2.05) is 12.1 Å². The number of nitrogens with one attached hydrogen (secondary N) is 1. The highest BCUT2D eigenvalue weighted by Crippen LogP contribution is 2.35. The third-order valence-corrected chi connectivity index (χ3v) is 4.42. The molecule has 1 aromatic rings. The lowest BCUT2D eigenvalue weighted by Crippen LogP contribution is -2.29. The lowest BCUT2D eigenvalue weighted by Gasteiger charge is -2.21. The summed E-state index contributed by atoms with van der Waals surface area (Å²) >= 11 is 6.35. The van der Waals surface area contributed by atoms with Crippen LogP contribution in [0.4, 0.5) is 0 Å². The van der Waals surface area contributed by atoms with Gasteiger partial charge in [0.25, 0.3) is 0 Å². The van der Waals surface area contributed by atoms with Crippen LogP contribution < -0.4 is 14.8 Å². The van der Waals surface area contributed by atoms with Crippen LogP contribution in [0, 0.1) is 0 Å². The monoisotopic (exact) mass is 310 g/mol. The third kappa shape index (κ3) is 4.02. The van der Waals surface area contributed by atoms with Gasteiger partial charge >= 0.3 is 0 Å². The second-order valence-corrected chi connectivity index (χ2v) is 6.04. The molecule has 0 amide bonds. The van der Waals surface area contributed by atoms with E-state index in [1.54, 1.807) is 0 Å². The van der Waals surface area contributed by atoms with Gasteiger partial charge in [0, 0.05) is 24.2 Å². The molecule has 2 heterocycles. The molecule has 1 fully saturated rings. The highest BCUT2D eigenvalue weighted by molar-refractivity contribution is 6.31. The van der Waals surface area contributed by atoms with Crippen LogP contribution in [0.1, 0.15) is 18.4 Å². The summed E-state index contributed by atoms with van der Waals surface area (Å²) in [6.45, 7) is 6.94. The van der Waals surface area contributed by atoms with E-state index in [4.69, 9.17) is 21.1 Å². The van der Waals surface area contributed by atoms with E-state index >= 15 is 0 Å². The predicted molar refractivity (Wildman–Crippen MR) is 84.7 cm³/mol. The first kappa shape index (κ1) is 14.9. The Morgan fingerprint density at radius 2 is 1.90 bits per heavy atom. The first-order valence-electron chi connectivity index (χ1n) is 7.84. The zero-order chi connectivity index (χ0) is 14.5. The molecule has 0 spiro atoms. The molecule has 0 saturated carbocycles. The van der Waals surface area contributed by atoms with E-state index in [0.29, 0.717) is 13.2 Å². The van der Waals surface area contributed by atoms with E-state index in [1.165, 1.54) is 13.0 Å². The Kier molecular flexibility index (Phi) is 5.22. The number of ether oxygens (including phenoxy) is 2. The van der Waals surface area contributed by atoms with Crippen LogP contribution >= 0.6 is 11.6 Å². The van der Waals surface area contributed by atoms with Crippen LogP contribution in [0.5, 0.6) is 11.5 Å². The molecule has 4 nitrogen and oxygen atoms in total. The summed E-state index contributed by atoms with van der Waals surface area (Å²) in [4.78, 5) is 2.53. The highest BCUT2D eigenvalue weighted by atomic mass is 35.5. The lowest BCUT2D eigenvalue weighted by molar-refractivity contribution is 0.171. The van der Waals surface area contributed by atoms with Gasteiger partial charge in [0.2, 0.25) is 0 Å². The van der Waals surface area contributed by atoms with Crippen molar-refractivity contribution in [1.82, 2.24) is 10.2 Å². The maximum atomic E-state index is 6.35. The van der Waals surface area contributed by atoms with E-state index < -0.39 is 0 Å². The minimum absolute atomic E-state index is 0.603. The van der Waals surface area contributed by atoms with Gasteiger partial charge in [0.05, 0.1) is 0 Å². The van der Waals surface area contributed by atoms with Gasteiger partial charge in [-0.05, 0) is 50.5 Å². The summed E-state index contributed by atoms with van der Waals surface area (Å²) in [5, 5.41) is 4.22. The van der Waals surface area contributed by atoms with Crippen molar-refractivity contribution < 1.29 is 9.47 Å². The van der Waals surface area contributed by atoms with Crippen molar-refractivity contribution in [2.75, 3.05) is 45.9 Å². The summed E-state index contributed by atoms with van der Waals surface area (Å²) < 4.78 is 11.2. The number of fused-ring (bicyclic) bond motifs is 1. The van der Waals surface area contributed by atoms with Crippen LogP contribution in [0.3, 0.4) is 0 Å². The van der Waals surface area contributed by atoms with Gasteiger partial charge in [-0.3, -0.25) is 0 Å². The topological polar surface area (TPSA) is 33.7 Å². The molecule has 1 saturated heterocycles. The molecule has 1 N–H and O–H groups in total. The van der Waals surface area contributed by atoms with Gasteiger partial charge in [0.15, 0.2) is 11.5 Å². The summed E-state index contributed by atoms with van der Waals surface area (Å²) in [6, 6.07) is 3.93. The number of hydrogen-bond acceptors (Lipinski definition) is 4. The van der Waals surface area contributed by atoms with Gasteiger partial charge in [-0.15, -0.1) is 0 Å². The molecule has 5 heteroatoms. The average Bonchev–Trinajstić information content (AvgIpc) is 2.76. The molecule has 1 aromatic carbocycles. The van der Waals surface area contributed by atoms with Crippen LogP contribution in [0.25, 0.3) is 0 Å². The van der Waals surface area contributed by atoms with Crippen molar-refractivity contribution in [2.45, 2.75) is 19.3 Å². The van der Waals surface area contributed by atoms with Crippen molar-refractivity contribution in [3.05, 3.63) is 22.7 Å². The maximum Gasteiger partial charge on any atom is 0.162 e. The summed E-state index contributed by atoms with van der Waals surface area (Å²) in [5.41, 5.74) is 1.16. The molecule has 0 unspecified atom stereocenters. The molecular weight excluding hydrogens is 288 g/mol. The standard InChI is InChI=1S/C16H23ClN2O2/c17-14-12-16-15(20-9-10-21-16)11-13(14)3-1-6-19-7-2-4-18-5-8-19/h11-12,18H,1-10H2. The van der Waals surface area contributed by atoms with E-state index in [-0.39, 0.29) is 0 Å². The number of benzene rings is 1. The zero-order valence-corrected chi connectivity index (χ0v) is 13.1. The molecule has 0 radical (unpaired) electrons. The van der Waals surface area contributed by atoms with Crippen molar-refractivity contribution in [2.24, 2.45) is 0 Å². The third-order valence-electron chi connectivity index (χ3n) is 4.06. The van der Waals surface area contributed by atoms with Gasteiger partial charge in [0.1, 0.15) is 13.2 Å². The van der Waals surface area contributed by atoms with E-state index in [9.17, 15) is 0 Å². The minimum atomic E-state index is 0.603. The Labute approximate surface area is 131 Å². The average molecular weight is 311 g/mol. The Morgan fingerprint density at radius 3 is 2.76 bits per heavy atom. The van der Waals surface area contributed by atoms with Crippen LogP contribution in [-0.2, 0) is 6.42 Å². The molecule has 116 valence electrons. The molecule has 3 rings (SSSR count). The number of rotatable bonds is 4. The van der Waals surface area contributed by atoms with Crippen molar-refractivity contribution in [3.8, 4) is 11.5 Å². The number of halogens is 1. The van der Waals surface area contributed by atoms with Gasteiger partial charge < -0.3 is 19.7 Å². The minimum Gasteiger partial charge on any atom is -0.486 e. The summed E-state index contributed by atoms with van der Waals surface area (Å²) in [6.07, 6.45) is 3.35. The second-order valence-electron chi connectivity index (χ2n) is 5.64. The fourth-order valence-corrected chi connectivity index (χ4v) is 3.16. The lowest BCUT2D eigenvalue weighted by atomic mass is 10.1. The van der Waals surface area contributed by atoms with Gasteiger partial charge in [-0.1, -0.05) is 11.6 Å². The number of hydrogen-bond donors (Lipinski definition) is 1. The van der Waals surface area contributed by atoms with Crippen LogP contribution in [-0.4, -0.2) is 50.8 Å². The number of aryl methyl sites for hydroxylation is 1. The molecule has 2 aliphatic heterocycles. The van der Waals surface area contributed by atoms with Gasteiger partial charge in [-0.2, -0.15) is 0 Å². The van der Waals surface area contributed by atoms with Crippen LogP contribution in [0.2, 0.25) is 5.02 Å². The van der Waals surface area contributed by atoms with Crippen molar-refractivity contribution >= 4 is 11.6 Å². The largest absolute Gasteiger partial charge is 0.486 e. The molecular formula is C16H23ClN2O2. The molecule has 0 aromatic heterocycles. The Hall–Kier alpha value is -0.970. The quantitative estimate of drug-likeness (QED) is 0.925. The fraction of sp³-hybridized carbons (Fsp3) is 0.625. The highest BCUT2D eigenvalue weighted by Gasteiger charge is 2.15. The summed E-state index contributed by atoms with van der Waals surface area (Å²) in [7, 11) is 0. The predicted octanol–water partition coefficient (Wildman–Crippen LogP) is 2.34. The first-order valence-corrected chi connectivity index (χ1v) is 8.22. The fourth-order valence-electron chi connectivity index (χ4n) is 2.92. The molecule has 21 heavy (non-hydrogen) atoms. The smallest absolute Gasteiger partial charge is 0.162 e. The molecule has 0 atom stereocenters. The normalized spacial score (nSPS) is 19.3. The maximum absolute atomic E-state index is 6.35.